The Labute approximate surface area is 148 Å². The lowest BCUT2D eigenvalue weighted by Crippen LogP contribution is -2.28. The van der Waals surface area contributed by atoms with Crippen molar-refractivity contribution in [1.82, 2.24) is 9.78 Å². The van der Waals surface area contributed by atoms with E-state index in [0.717, 1.165) is 20.9 Å². The van der Waals surface area contributed by atoms with Gasteiger partial charge < -0.3 is 19.0 Å². The average Bonchev–Trinajstić information content (AvgIpc) is 3.26. The predicted octanol–water partition coefficient (Wildman–Crippen LogP) is 2.15. The summed E-state index contributed by atoms with van der Waals surface area (Å²) < 4.78 is 17.0. The molecule has 7 nitrogen and oxygen atoms in total. The lowest BCUT2D eigenvalue weighted by molar-refractivity contribution is 0.0173. The number of methoxy groups -OCH3 is 1. The number of hydrogen-bond donors (Lipinski definition) is 1. The zero-order valence-electron chi connectivity index (χ0n) is 13.6. The van der Waals surface area contributed by atoms with Crippen molar-refractivity contribution in [3.8, 4) is 16.5 Å². The minimum Gasteiger partial charge on any atom is -0.496 e. The van der Waals surface area contributed by atoms with Gasteiger partial charge in [0.25, 0.3) is 5.89 Å². The Morgan fingerprint density at radius 2 is 2.16 bits per heavy atom. The summed E-state index contributed by atoms with van der Waals surface area (Å²) in [5.74, 6) is 0.375. The second-order valence-corrected chi connectivity index (χ2v) is 6.26. The highest BCUT2D eigenvalue weighted by atomic mass is 32.1. The van der Waals surface area contributed by atoms with Gasteiger partial charge in [-0.2, -0.15) is 4.68 Å². The fraction of sp³-hybridized carbons (Fsp3) is 0.294. The highest BCUT2D eigenvalue weighted by Gasteiger charge is 2.15. The topological polar surface area (TPSA) is 86.7 Å². The molecular weight excluding hydrogens is 344 g/mol. The Morgan fingerprint density at radius 1 is 1.32 bits per heavy atom. The van der Waals surface area contributed by atoms with E-state index in [4.69, 9.17) is 13.9 Å². The Bertz CT molecular complexity index is 856. The van der Waals surface area contributed by atoms with Gasteiger partial charge in [-0.25, -0.2) is 4.79 Å². The maximum Gasteiger partial charge on any atom is 0.437 e. The Morgan fingerprint density at radius 3 is 2.92 bits per heavy atom. The first-order valence-corrected chi connectivity index (χ1v) is 8.55. The molecule has 0 aliphatic heterocycles. The largest absolute Gasteiger partial charge is 0.496 e. The van der Waals surface area contributed by atoms with E-state index in [1.807, 2.05) is 41.8 Å². The van der Waals surface area contributed by atoms with Gasteiger partial charge in [0.2, 0.25) is 0 Å². The molecule has 0 saturated heterocycles. The summed E-state index contributed by atoms with van der Waals surface area (Å²) in [6.45, 7) is 0.362. The van der Waals surface area contributed by atoms with Crippen LogP contribution in [-0.4, -0.2) is 34.7 Å². The maximum absolute atomic E-state index is 11.8. The van der Waals surface area contributed by atoms with Crippen LogP contribution in [0.5, 0.6) is 5.75 Å². The number of aromatic nitrogens is 2. The Kier molecular flexibility index (Phi) is 5.64. The molecule has 3 rings (SSSR count). The molecule has 1 N–H and O–H groups in total. The second-order valence-electron chi connectivity index (χ2n) is 5.31. The average molecular weight is 362 g/mol. The predicted molar refractivity (Wildman–Crippen MR) is 92.7 cm³/mol. The lowest BCUT2D eigenvalue weighted by Gasteiger charge is -2.12. The summed E-state index contributed by atoms with van der Waals surface area (Å²) in [5.41, 5.74) is 0.885. The highest BCUT2D eigenvalue weighted by Crippen LogP contribution is 2.21. The van der Waals surface area contributed by atoms with Crippen LogP contribution >= 0.6 is 11.3 Å². The molecule has 1 unspecified atom stereocenters. The smallest absolute Gasteiger partial charge is 0.437 e. The van der Waals surface area contributed by atoms with Gasteiger partial charge in [0.15, 0.2) is 0 Å². The van der Waals surface area contributed by atoms with Crippen LogP contribution in [0.25, 0.3) is 10.8 Å². The van der Waals surface area contributed by atoms with Crippen LogP contribution in [0.2, 0.25) is 0 Å². The number of benzene rings is 1. The van der Waals surface area contributed by atoms with Crippen molar-refractivity contribution in [3.63, 3.8) is 0 Å². The van der Waals surface area contributed by atoms with Crippen LogP contribution in [0.15, 0.2) is 51.0 Å². The zero-order valence-corrected chi connectivity index (χ0v) is 14.4. The number of hydrogen-bond acceptors (Lipinski definition) is 7. The molecule has 2 heterocycles. The number of rotatable bonds is 8. The highest BCUT2D eigenvalue weighted by molar-refractivity contribution is 7.13. The summed E-state index contributed by atoms with van der Waals surface area (Å²) in [6, 6.07) is 11.2. The molecule has 0 spiro atoms. The quantitative estimate of drug-likeness (QED) is 0.661. The van der Waals surface area contributed by atoms with Gasteiger partial charge in [-0.15, -0.1) is 16.4 Å². The third-order valence-corrected chi connectivity index (χ3v) is 4.34. The van der Waals surface area contributed by atoms with E-state index in [0.29, 0.717) is 6.61 Å². The van der Waals surface area contributed by atoms with Crippen molar-refractivity contribution in [2.24, 2.45) is 0 Å². The fourth-order valence-corrected chi connectivity index (χ4v) is 2.95. The van der Waals surface area contributed by atoms with Crippen molar-refractivity contribution in [3.05, 3.63) is 57.9 Å². The standard InChI is InChI=1S/C17H18N2O5S/c1-22-14-6-3-2-5-12(14)10-23-11-13(20)9-19-17(21)24-16(18-19)15-7-4-8-25-15/h2-8,13,20H,9-11H2,1H3. The van der Waals surface area contributed by atoms with Gasteiger partial charge in [0.05, 0.1) is 37.8 Å². The van der Waals surface area contributed by atoms with E-state index < -0.39 is 11.9 Å². The first-order chi connectivity index (χ1) is 12.2. The fourth-order valence-electron chi connectivity index (χ4n) is 2.30. The molecule has 3 aromatic rings. The molecular formula is C17H18N2O5S. The number of aliphatic hydroxyl groups is 1. The van der Waals surface area contributed by atoms with E-state index in [2.05, 4.69) is 5.10 Å². The molecule has 0 amide bonds. The van der Waals surface area contributed by atoms with Crippen molar-refractivity contribution in [2.45, 2.75) is 19.3 Å². The summed E-state index contributed by atoms with van der Waals surface area (Å²) >= 11 is 1.42. The van der Waals surface area contributed by atoms with E-state index in [1.54, 1.807) is 7.11 Å². The molecule has 8 heteroatoms. The van der Waals surface area contributed by atoms with Crippen LogP contribution in [0.4, 0.5) is 0 Å². The van der Waals surface area contributed by atoms with E-state index in [1.165, 1.54) is 11.3 Å². The van der Waals surface area contributed by atoms with E-state index >= 15 is 0 Å². The lowest BCUT2D eigenvalue weighted by atomic mass is 10.2. The molecule has 0 aliphatic rings. The second kappa shape index (κ2) is 8.11. The van der Waals surface area contributed by atoms with Gasteiger partial charge in [-0.05, 0) is 17.5 Å². The zero-order chi connectivity index (χ0) is 17.6. The van der Waals surface area contributed by atoms with Gasteiger partial charge >= 0.3 is 5.76 Å². The molecule has 132 valence electrons. The SMILES string of the molecule is COc1ccccc1COCC(O)Cn1nc(-c2cccs2)oc1=O. The number of aliphatic hydroxyl groups excluding tert-OH is 1. The van der Waals surface area contributed by atoms with Gasteiger partial charge in [0.1, 0.15) is 5.75 Å². The molecule has 0 fully saturated rings. The summed E-state index contributed by atoms with van der Waals surface area (Å²) in [4.78, 5) is 12.6. The normalized spacial score (nSPS) is 12.2. The monoisotopic (exact) mass is 362 g/mol. The number of thiophene rings is 1. The molecule has 0 aliphatic carbocycles. The number of nitrogens with zero attached hydrogens (tertiary/aromatic N) is 2. The third kappa shape index (κ3) is 4.36. The molecule has 0 bridgehead atoms. The van der Waals surface area contributed by atoms with Crippen LogP contribution < -0.4 is 10.5 Å². The third-order valence-electron chi connectivity index (χ3n) is 3.48. The molecule has 25 heavy (non-hydrogen) atoms. The van der Waals surface area contributed by atoms with Gasteiger partial charge in [-0.1, -0.05) is 24.3 Å². The molecule has 1 aromatic carbocycles. The number of para-hydroxylation sites is 1. The minimum atomic E-state index is -0.881. The van der Waals surface area contributed by atoms with E-state index in [9.17, 15) is 9.90 Å². The van der Waals surface area contributed by atoms with Gasteiger partial charge in [0, 0.05) is 5.56 Å². The number of ether oxygens (including phenoxy) is 2. The Balaban J connectivity index is 1.54. The minimum absolute atomic E-state index is 0.000364. The summed E-state index contributed by atoms with van der Waals surface area (Å²) in [6.07, 6.45) is -0.881. The summed E-state index contributed by atoms with van der Waals surface area (Å²) in [5, 5.41) is 16.0. The van der Waals surface area contributed by atoms with Crippen LogP contribution in [-0.2, 0) is 17.9 Å². The van der Waals surface area contributed by atoms with E-state index in [-0.39, 0.29) is 19.0 Å². The van der Waals surface area contributed by atoms with Crippen LogP contribution in [0.1, 0.15) is 5.56 Å². The van der Waals surface area contributed by atoms with Crippen LogP contribution in [0.3, 0.4) is 0 Å². The van der Waals surface area contributed by atoms with Crippen molar-refractivity contribution < 1.29 is 19.0 Å². The molecule has 2 aromatic heterocycles. The first-order valence-electron chi connectivity index (χ1n) is 7.67. The summed E-state index contributed by atoms with van der Waals surface area (Å²) in [7, 11) is 1.59. The molecule has 0 saturated carbocycles. The van der Waals surface area contributed by atoms with Crippen LogP contribution in [0, 0.1) is 0 Å². The maximum atomic E-state index is 11.8. The van der Waals surface area contributed by atoms with Crippen molar-refractivity contribution >= 4 is 11.3 Å². The Hall–Kier alpha value is -2.42. The van der Waals surface area contributed by atoms with Crippen molar-refractivity contribution in [1.29, 1.82) is 0 Å². The first kappa shape index (κ1) is 17.4. The molecule has 1 atom stereocenters. The van der Waals surface area contributed by atoms with Gasteiger partial charge in [-0.3, -0.25) is 0 Å². The van der Waals surface area contributed by atoms with Crippen molar-refractivity contribution in [2.75, 3.05) is 13.7 Å². The molecule has 0 radical (unpaired) electrons.